The van der Waals surface area contributed by atoms with Crippen molar-refractivity contribution in [2.75, 3.05) is 4.90 Å². The molecule has 2 aromatic rings. The summed E-state index contributed by atoms with van der Waals surface area (Å²) in [5.74, 6) is 0.156. The van der Waals surface area contributed by atoms with Crippen LogP contribution in [0.3, 0.4) is 0 Å². The van der Waals surface area contributed by atoms with Gasteiger partial charge >= 0.3 is 0 Å². The van der Waals surface area contributed by atoms with E-state index < -0.39 is 0 Å². The Morgan fingerprint density at radius 2 is 1.69 bits per heavy atom. The first-order chi connectivity index (χ1) is 12.5. The second-order valence-corrected chi connectivity index (χ2v) is 7.37. The minimum Gasteiger partial charge on any atom is -0.294 e. The van der Waals surface area contributed by atoms with Crippen LogP contribution in [0.5, 0.6) is 0 Å². The van der Waals surface area contributed by atoms with E-state index in [4.69, 9.17) is 0 Å². The minimum atomic E-state index is -0.119. The van der Waals surface area contributed by atoms with E-state index in [0.29, 0.717) is 12.8 Å². The highest BCUT2D eigenvalue weighted by molar-refractivity contribution is 6.07. The molecule has 0 radical (unpaired) electrons. The molecule has 2 aromatic carbocycles. The molecule has 1 amide bonds. The molecule has 1 aliphatic heterocycles. The van der Waals surface area contributed by atoms with Gasteiger partial charge in [-0.25, -0.2) is 0 Å². The number of allylic oxidation sites excluding steroid dienone is 2. The zero-order valence-corrected chi connectivity index (χ0v) is 15.3. The Balaban J connectivity index is 1.85. The van der Waals surface area contributed by atoms with Crippen LogP contribution < -0.4 is 4.90 Å². The highest BCUT2D eigenvalue weighted by atomic mass is 16.2. The topological polar surface area (TPSA) is 37.4 Å². The number of benzene rings is 2. The lowest BCUT2D eigenvalue weighted by Gasteiger charge is -2.38. The number of amides is 1. The van der Waals surface area contributed by atoms with Gasteiger partial charge < -0.3 is 0 Å². The largest absolute Gasteiger partial charge is 0.294 e. The van der Waals surface area contributed by atoms with Crippen molar-refractivity contribution in [2.24, 2.45) is 0 Å². The van der Waals surface area contributed by atoms with E-state index in [2.05, 4.69) is 24.3 Å². The van der Waals surface area contributed by atoms with Crippen LogP contribution in [0.15, 0.2) is 59.8 Å². The number of ketones is 1. The fourth-order valence-electron chi connectivity index (χ4n) is 4.14. The molecule has 0 saturated heterocycles. The van der Waals surface area contributed by atoms with Gasteiger partial charge in [0, 0.05) is 35.7 Å². The zero-order valence-electron chi connectivity index (χ0n) is 15.3. The van der Waals surface area contributed by atoms with Gasteiger partial charge in [0.15, 0.2) is 5.78 Å². The van der Waals surface area contributed by atoms with Gasteiger partial charge in [0.05, 0.1) is 0 Å². The molecule has 26 heavy (non-hydrogen) atoms. The van der Waals surface area contributed by atoms with Crippen molar-refractivity contribution in [1.82, 2.24) is 0 Å². The summed E-state index contributed by atoms with van der Waals surface area (Å²) in [5.41, 5.74) is 5.99. The average Bonchev–Trinajstić information content (AvgIpc) is 2.62. The first-order valence-corrected chi connectivity index (χ1v) is 9.27. The van der Waals surface area contributed by atoms with Gasteiger partial charge in [0.1, 0.15) is 0 Å². The van der Waals surface area contributed by atoms with Crippen molar-refractivity contribution in [2.45, 2.75) is 45.4 Å². The zero-order chi connectivity index (χ0) is 18.3. The summed E-state index contributed by atoms with van der Waals surface area (Å²) in [6.45, 7) is 4.07. The van der Waals surface area contributed by atoms with Crippen LogP contribution in [-0.4, -0.2) is 11.7 Å². The summed E-state index contributed by atoms with van der Waals surface area (Å²) in [7, 11) is 0. The number of carbonyl (C=O) groups is 2. The van der Waals surface area contributed by atoms with Gasteiger partial charge in [0.2, 0.25) is 5.91 Å². The Morgan fingerprint density at radius 3 is 2.42 bits per heavy atom. The van der Waals surface area contributed by atoms with Gasteiger partial charge in [0.25, 0.3) is 0 Å². The fourth-order valence-corrected chi connectivity index (χ4v) is 4.14. The van der Waals surface area contributed by atoms with E-state index >= 15 is 0 Å². The molecule has 1 atom stereocenters. The monoisotopic (exact) mass is 345 g/mol. The molecule has 0 bridgehead atoms. The summed E-state index contributed by atoms with van der Waals surface area (Å²) in [5, 5.41) is 0. The molecule has 0 saturated carbocycles. The molecular formula is C23H23NO2. The normalized spacial score (nSPS) is 20.4. The molecule has 3 heteroatoms. The lowest BCUT2D eigenvalue weighted by Crippen LogP contribution is -2.40. The Kier molecular flexibility index (Phi) is 4.23. The van der Waals surface area contributed by atoms with Gasteiger partial charge in [-0.3, -0.25) is 14.5 Å². The summed E-state index contributed by atoms with van der Waals surface area (Å²) in [4.78, 5) is 27.7. The van der Waals surface area contributed by atoms with Crippen LogP contribution in [-0.2, 0) is 9.59 Å². The Labute approximate surface area is 154 Å². The van der Waals surface area contributed by atoms with Crippen molar-refractivity contribution < 1.29 is 9.59 Å². The third kappa shape index (κ3) is 2.88. The van der Waals surface area contributed by atoms with Gasteiger partial charge in [-0.15, -0.1) is 0 Å². The molecule has 2 aliphatic rings. The van der Waals surface area contributed by atoms with Crippen molar-refractivity contribution in [3.63, 3.8) is 0 Å². The van der Waals surface area contributed by atoms with Crippen LogP contribution in [0.2, 0.25) is 0 Å². The molecular weight excluding hydrogens is 322 g/mol. The number of nitrogens with zero attached hydrogens (tertiary/aromatic N) is 1. The van der Waals surface area contributed by atoms with Crippen molar-refractivity contribution in [3.05, 3.63) is 76.5 Å². The number of aryl methyl sites for hydroxylation is 2. The Morgan fingerprint density at radius 1 is 0.923 bits per heavy atom. The molecule has 0 spiro atoms. The second-order valence-electron chi connectivity index (χ2n) is 7.37. The maximum absolute atomic E-state index is 13.1. The number of hydrogen-bond acceptors (Lipinski definition) is 2. The van der Waals surface area contributed by atoms with E-state index in [1.54, 1.807) is 4.90 Å². The van der Waals surface area contributed by atoms with E-state index in [0.717, 1.165) is 40.9 Å². The number of rotatable bonds is 2. The van der Waals surface area contributed by atoms with Crippen molar-refractivity contribution >= 4 is 17.4 Å². The van der Waals surface area contributed by atoms with Crippen LogP contribution in [0.4, 0.5) is 5.69 Å². The predicted molar refractivity (Wildman–Crippen MR) is 103 cm³/mol. The highest BCUT2D eigenvalue weighted by Crippen LogP contribution is 2.43. The Bertz CT molecular complexity index is 908. The minimum absolute atomic E-state index is 0.0784. The van der Waals surface area contributed by atoms with Crippen LogP contribution in [0.1, 0.15) is 48.3 Å². The molecule has 0 fully saturated rings. The third-order valence-electron chi connectivity index (χ3n) is 5.41. The van der Waals surface area contributed by atoms with E-state index in [1.807, 2.05) is 38.1 Å². The molecule has 0 N–H and O–H groups in total. The second kappa shape index (κ2) is 6.56. The number of hydrogen-bond donors (Lipinski definition) is 0. The molecule has 1 unspecified atom stereocenters. The van der Waals surface area contributed by atoms with Crippen LogP contribution in [0, 0.1) is 13.8 Å². The summed E-state index contributed by atoms with van der Waals surface area (Å²) in [6.07, 6.45) is 2.52. The average molecular weight is 345 g/mol. The third-order valence-corrected chi connectivity index (χ3v) is 5.41. The SMILES string of the molecule is Cc1ccc(C2CC(=O)N(c3cccc(C)c3)C3=C2C(=O)CCC3)cc1. The van der Waals surface area contributed by atoms with Crippen molar-refractivity contribution in [1.29, 1.82) is 0 Å². The number of Topliss-reactive ketones (excluding diaryl/α,β-unsaturated/α-hetero) is 1. The number of anilines is 1. The molecule has 132 valence electrons. The van der Waals surface area contributed by atoms with Gasteiger partial charge in [-0.2, -0.15) is 0 Å². The molecule has 1 heterocycles. The van der Waals surface area contributed by atoms with Gasteiger partial charge in [-0.05, 0) is 49.9 Å². The maximum Gasteiger partial charge on any atom is 0.232 e. The first-order valence-electron chi connectivity index (χ1n) is 9.27. The van der Waals surface area contributed by atoms with E-state index in [9.17, 15) is 9.59 Å². The number of carbonyl (C=O) groups excluding carboxylic acids is 2. The summed E-state index contributed by atoms with van der Waals surface area (Å²) in [6, 6.07) is 16.2. The quantitative estimate of drug-likeness (QED) is 0.782. The van der Waals surface area contributed by atoms with Crippen molar-refractivity contribution in [3.8, 4) is 0 Å². The molecule has 0 aromatic heterocycles. The standard InChI is InChI=1S/C23H23NO2/c1-15-9-11-17(12-10-15)19-14-22(26)24(18-6-3-5-16(2)13-18)20-7-4-8-21(25)23(19)20/h3,5-6,9-13,19H,4,7-8,14H2,1-2H3. The lowest BCUT2D eigenvalue weighted by atomic mass is 9.77. The molecule has 1 aliphatic carbocycles. The Hall–Kier alpha value is -2.68. The van der Waals surface area contributed by atoms with E-state index in [1.165, 1.54) is 5.56 Å². The van der Waals surface area contributed by atoms with E-state index in [-0.39, 0.29) is 17.6 Å². The van der Waals surface area contributed by atoms with Crippen LogP contribution >= 0.6 is 0 Å². The predicted octanol–water partition coefficient (Wildman–Crippen LogP) is 4.83. The highest BCUT2D eigenvalue weighted by Gasteiger charge is 2.39. The molecule has 3 nitrogen and oxygen atoms in total. The summed E-state index contributed by atoms with van der Waals surface area (Å²) < 4.78 is 0. The molecule has 4 rings (SSSR count). The van der Waals surface area contributed by atoms with Crippen LogP contribution in [0.25, 0.3) is 0 Å². The summed E-state index contributed by atoms with van der Waals surface area (Å²) >= 11 is 0. The smallest absolute Gasteiger partial charge is 0.232 e. The van der Waals surface area contributed by atoms with Gasteiger partial charge in [-0.1, -0.05) is 42.0 Å². The fraction of sp³-hybridized carbons (Fsp3) is 0.304. The lowest BCUT2D eigenvalue weighted by molar-refractivity contribution is -0.119. The first kappa shape index (κ1) is 16.8. The maximum atomic E-state index is 13.1.